The Morgan fingerprint density at radius 1 is 1.70 bits per heavy atom. The van der Waals surface area contributed by atoms with Crippen LogP contribution in [0.15, 0.2) is 22.6 Å². The van der Waals surface area contributed by atoms with Crippen molar-refractivity contribution in [1.82, 2.24) is 0 Å². The molecule has 1 nitrogen and oxygen atoms in total. The van der Waals surface area contributed by atoms with E-state index < -0.39 is 0 Å². The average Bonchev–Trinajstić information content (AvgIpc) is 2.13. The smallest absolute Gasteiger partial charge is 0.100 e. The van der Waals surface area contributed by atoms with Crippen LogP contribution >= 0.6 is 38.5 Å². The second-order valence-electron chi connectivity index (χ2n) is 1.49. The van der Waals surface area contributed by atoms with E-state index >= 15 is 0 Å². The van der Waals surface area contributed by atoms with Crippen molar-refractivity contribution in [3.05, 3.63) is 31.7 Å². The second-order valence-corrected chi connectivity index (χ2v) is 3.36. The maximum atomic E-state index is 8.70. The van der Waals surface area contributed by atoms with Gasteiger partial charge in [0.15, 0.2) is 0 Å². The van der Waals surface area contributed by atoms with Crippen molar-refractivity contribution >= 4 is 38.5 Å². The van der Waals surface area contributed by atoms with Crippen LogP contribution in [0, 0.1) is 14.9 Å². The van der Waals surface area contributed by atoms with Crippen LogP contribution in [0.4, 0.5) is 0 Å². The lowest BCUT2D eigenvalue weighted by atomic mass is 10.2. The first-order valence-electron chi connectivity index (χ1n) is 3.85. The minimum absolute atomic E-state index is 0.0139. The third-order valence-corrected chi connectivity index (χ3v) is 2.05. The van der Waals surface area contributed by atoms with E-state index in [-0.39, 0.29) is 28.2 Å². The molecule has 0 aliphatic carbocycles. The highest BCUT2D eigenvalue weighted by Crippen LogP contribution is 2.16. The molecule has 10 heavy (non-hydrogen) atoms. The highest BCUT2D eigenvalue weighted by atomic mass is 127. The fraction of sp³-hybridized carbons (Fsp3) is 0. The molecule has 0 spiro atoms. The van der Waals surface area contributed by atoms with Crippen LogP contribution < -0.4 is 0 Å². The van der Waals surface area contributed by atoms with Gasteiger partial charge >= 0.3 is 0 Å². The molecule has 0 radical (unpaired) electrons. The molecular formula is C7H3BrIN. The molecule has 0 amide bonds. The molecular weight excluding hydrogens is 305 g/mol. The summed E-state index contributed by atoms with van der Waals surface area (Å²) in [5.41, 5.74) is 0.147. The number of hydrogen-bond acceptors (Lipinski definition) is 1. The van der Waals surface area contributed by atoms with Gasteiger partial charge in [-0.3, -0.25) is 0 Å². The van der Waals surface area contributed by atoms with E-state index in [1.165, 1.54) is 0 Å². The number of nitrogens with zero attached hydrogens (tertiary/aromatic N) is 1. The van der Waals surface area contributed by atoms with Crippen LogP contribution in [0.3, 0.4) is 0 Å². The summed E-state index contributed by atoms with van der Waals surface area (Å²) in [6, 6.07) is 1.76. The quantitative estimate of drug-likeness (QED) is 0.676. The first-order valence-corrected chi connectivity index (χ1v) is 4.22. The molecule has 0 unspecified atom stereocenters. The van der Waals surface area contributed by atoms with Crippen molar-refractivity contribution in [3.8, 4) is 6.07 Å². The Morgan fingerprint density at radius 3 is 3.00 bits per heavy atom. The number of hydrogen-bond donors (Lipinski definition) is 0. The van der Waals surface area contributed by atoms with Gasteiger partial charge in [0, 0.05) is 8.04 Å². The summed E-state index contributed by atoms with van der Waals surface area (Å²) < 4.78 is 23.0. The lowest BCUT2D eigenvalue weighted by Crippen LogP contribution is -1.79. The van der Waals surface area contributed by atoms with E-state index in [9.17, 15) is 0 Å². The van der Waals surface area contributed by atoms with E-state index in [1.54, 1.807) is 22.6 Å². The molecule has 0 aliphatic heterocycles. The van der Waals surface area contributed by atoms with Gasteiger partial charge < -0.3 is 0 Å². The van der Waals surface area contributed by atoms with Crippen molar-refractivity contribution in [2.45, 2.75) is 0 Å². The second kappa shape index (κ2) is 3.35. The van der Waals surface area contributed by atoms with E-state index in [1.807, 2.05) is 6.07 Å². The molecule has 0 atom stereocenters. The predicted octanol–water partition coefficient (Wildman–Crippen LogP) is 2.93. The highest BCUT2D eigenvalue weighted by Gasteiger charge is 1.96. The van der Waals surface area contributed by atoms with Gasteiger partial charge in [0.1, 0.15) is 6.07 Å². The summed E-state index contributed by atoms with van der Waals surface area (Å²) in [5, 5.41) is 8.70. The third-order valence-electron chi connectivity index (χ3n) is 0.848. The Labute approximate surface area is 85.5 Å². The molecule has 0 fully saturated rings. The molecule has 1 rings (SSSR count). The van der Waals surface area contributed by atoms with Crippen LogP contribution in [0.25, 0.3) is 0 Å². The number of nitriles is 1. The van der Waals surface area contributed by atoms with E-state index in [0.29, 0.717) is 3.57 Å². The third kappa shape index (κ3) is 1.70. The van der Waals surface area contributed by atoms with Crippen LogP contribution in [0.1, 0.15) is 9.68 Å². The molecule has 3 heteroatoms. The van der Waals surface area contributed by atoms with Crippen LogP contribution in [-0.4, -0.2) is 0 Å². The standard InChI is InChI=1S/C7H3BrIN/c8-6-1-2-7(9)5(3-6)4-10/h1-3H/i1D,2D,3D. The first kappa shape index (κ1) is 4.73. The maximum absolute atomic E-state index is 8.70. The van der Waals surface area contributed by atoms with E-state index in [4.69, 9.17) is 9.37 Å². The van der Waals surface area contributed by atoms with Gasteiger partial charge in [-0.1, -0.05) is 15.9 Å². The lowest BCUT2D eigenvalue weighted by molar-refractivity contribution is 1.45. The molecule has 0 heterocycles. The zero-order chi connectivity index (χ0) is 10.2. The van der Waals surface area contributed by atoms with Gasteiger partial charge in [0.25, 0.3) is 0 Å². The molecule has 0 saturated carbocycles. The number of benzene rings is 1. The van der Waals surface area contributed by atoms with Gasteiger partial charge in [-0.2, -0.15) is 5.26 Å². The molecule has 0 aromatic heterocycles. The zero-order valence-corrected chi connectivity index (χ0v) is 8.45. The SMILES string of the molecule is [2H]c1c([2H])c(I)c(C#N)c([2H])c1Br. The summed E-state index contributed by atoms with van der Waals surface area (Å²) in [6.45, 7) is 0. The molecule has 1 aromatic rings. The van der Waals surface area contributed by atoms with E-state index in [0.717, 1.165) is 0 Å². The fourth-order valence-corrected chi connectivity index (χ4v) is 1.13. The highest BCUT2D eigenvalue weighted by molar-refractivity contribution is 14.1. The van der Waals surface area contributed by atoms with Gasteiger partial charge in [0.05, 0.1) is 9.68 Å². The normalized spacial score (nSPS) is 13.1. The topological polar surface area (TPSA) is 23.8 Å². The molecule has 0 aliphatic rings. The predicted molar refractivity (Wildman–Crippen MR) is 51.6 cm³/mol. The summed E-state index contributed by atoms with van der Waals surface area (Å²) >= 11 is 4.81. The maximum Gasteiger partial charge on any atom is 0.100 e. The van der Waals surface area contributed by atoms with E-state index in [2.05, 4.69) is 15.9 Å². The van der Waals surface area contributed by atoms with Gasteiger partial charge in [0.2, 0.25) is 0 Å². The van der Waals surface area contributed by atoms with Crippen molar-refractivity contribution < 1.29 is 4.11 Å². The Bertz CT molecular complexity index is 384. The lowest BCUT2D eigenvalue weighted by Gasteiger charge is -1.93. The van der Waals surface area contributed by atoms with Crippen molar-refractivity contribution in [2.24, 2.45) is 0 Å². The number of rotatable bonds is 0. The van der Waals surface area contributed by atoms with Gasteiger partial charge in [-0.25, -0.2) is 0 Å². The minimum atomic E-state index is -0.0478. The Balaban J connectivity index is 3.69. The molecule has 0 saturated heterocycles. The van der Waals surface area contributed by atoms with Crippen LogP contribution in [0.5, 0.6) is 0 Å². The molecule has 0 N–H and O–H groups in total. The molecule has 50 valence electrons. The first-order chi connectivity index (χ1) is 6.00. The summed E-state index contributed by atoms with van der Waals surface area (Å²) in [4.78, 5) is 0. The Hall–Kier alpha value is -0.0800. The zero-order valence-electron chi connectivity index (χ0n) is 7.70. The molecule has 1 aromatic carbocycles. The van der Waals surface area contributed by atoms with Crippen LogP contribution in [0.2, 0.25) is 0 Å². The molecule has 0 bridgehead atoms. The van der Waals surface area contributed by atoms with Crippen molar-refractivity contribution in [3.63, 3.8) is 0 Å². The van der Waals surface area contributed by atoms with Crippen molar-refractivity contribution in [2.75, 3.05) is 0 Å². The fourth-order valence-electron chi connectivity index (χ4n) is 0.445. The van der Waals surface area contributed by atoms with Gasteiger partial charge in [-0.15, -0.1) is 0 Å². The Morgan fingerprint density at radius 2 is 2.40 bits per heavy atom. The summed E-state index contributed by atoms with van der Waals surface area (Å²) in [6.07, 6.45) is 0. The number of halogens is 2. The van der Waals surface area contributed by atoms with Crippen molar-refractivity contribution in [1.29, 1.82) is 5.26 Å². The Kier molecular flexibility index (Phi) is 1.58. The average molecular weight is 311 g/mol. The largest absolute Gasteiger partial charge is 0.192 e. The van der Waals surface area contributed by atoms with Crippen LogP contribution in [-0.2, 0) is 0 Å². The summed E-state index contributed by atoms with van der Waals surface area (Å²) in [7, 11) is 0. The monoisotopic (exact) mass is 310 g/mol. The van der Waals surface area contributed by atoms with Gasteiger partial charge in [-0.05, 0) is 40.7 Å². The minimum Gasteiger partial charge on any atom is -0.192 e. The summed E-state index contributed by atoms with van der Waals surface area (Å²) in [5.74, 6) is 0.